The van der Waals surface area contributed by atoms with E-state index in [-0.39, 0.29) is 11.8 Å². The highest BCUT2D eigenvalue weighted by atomic mass is 32.1. The lowest BCUT2D eigenvalue weighted by Gasteiger charge is -2.34. The molecule has 0 radical (unpaired) electrons. The lowest BCUT2D eigenvalue weighted by Crippen LogP contribution is -2.48. The second kappa shape index (κ2) is 8.68. The highest BCUT2D eigenvalue weighted by molar-refractivity contribution is 7.12. The average molecular weight is 412 g/mol. The molecule has 7 heteroatoms. The number of amides is 2. The zero-order chi connectivity index (χ0) is 19.3. The number of hydrogen-bond donors (Lipinski definition) is 1. The Labute approximate surface area is 172 Å². The lowest BCUT2D eigenvalue weighted by atomic mass is 10.1. The van der Waals surface area contributed by atoms with Gasteiger partial charge in [-0.15, -0.1) is 22.7 Å². The summed E-state index contributed by atoms with van der Waals surface area (Å²) in [6, 6.07) is 15.5. The van der Waals surface area contributed by atoms with Gasteiger partial charge in [0.2, 0.25) is 0 Å². The first-order valence-electron chi connectivity index (χ1n) is 9.18. The van der Waals surface area contributed by atoms with Gasteiger partial charge in [0.25, 0.3) is 11.8 Å². The standard InChI is InChI=1S/C21H21N3O2S2/c25-20(18-6-2-12-27-18)22-17-5-1-4-16(14-17)15-23-8-10-24(11-9-23)21(26)19-7-3-13-28-19/h1-7,12-14H,8-11,15H2,(H,22,25). The Balaban J connectivity index is 1.31. The van der Waals surface area contributed by atoms with Crippen molar-refractivity contribution < 1.29 is 9.59 Å². The smallest absolute Gasteiger partial charge is 0.265 e. The van der Waals surface area contributed by atoms with E-state index in [1.165, 1.54) is 22.7 Å². The van der Waals surface area contributed by atoms with Crippen molar-refractivity contribution in [3.8, 4) is 0 Å². The van der Waals surface area contributed by atoms with E-state index in [1.54, 1.807) is 0 Å². The zero-order valence-electron chi connectivity index (χ0n) is 15.3. The monoisotopic (exact) mass is 411 g/mol. The first kappa shape index (κ1) is 18.9. The molecule has 0 spiro atoms. The average Bonchev–Trinajstić information content (AvgIpc) is 3.42. The van der Waals surface area contributed by atoms with Gasteiger partial charge in [0.05, 0.1) is 9.75 Å². The highest BCUT2D eigenvalue weighted by Crippen LogP contribution is 2.18. The van der Waals surface area contributed by atoms with Gasteiger partial charge in [-0.25, -0.2) is 0 Å². The van der Waals surface area contributed by atoms with Crippen LogP contribution in [0.15, 0.2) is 59.3 Å². The molecule has 1 aliphatic rings. The number of nitrogens with one attached hydrogen (secondary N) is 1. The molecule has 1 fully saturated rings. The number of benzene rings is 1. The van der Waals surface area contributed by atoms with E-state index in [4.69, 9.17) is 0 Å². The van der Waals surface area contributed by atoms with Crippen molar-refractivity contribution >= 4 is 40.2 Å². The van der Waals surface area contributed by atoms with Crippen LogP contribution in [0.5, 0.6) is 0 Å². The van der Waals surface area contributed by atoms with E-state index in [2.05, 4.69) is 16.3 Å². The van der Waals surface area contributed by atoms with Gasteiger partial charge in [0.15, 0.2) is 0 Å². The maximum atomic E-state index is 12.4. The van der Waals surface area contributed by atoms with E-state index in [0.717, 1.165) is 48.9 Å². The molecule has 1 aromatic carbocycles. The Morgan fingerprint density at radius 3 is 2.29 bits per heavy atom. The maximum Gasteiger partial charge on any atom is 0.265 e. The van der Waals surface area contributed by atoms with Gasteiger partial charge in [-0.1, -0.05) is 24.3 Å². The number of piperazine rings is 1. The van der Waals surface area contributed by atoms with Gasteiger partial charge in [-0.2, -0.15) is 0 Å². The van der Waals surface area contributed by atoms with Gasteiger partial charge >= 0.3 is 0 Å². The quantitative estimate of drug-likeness (QED) is 0.690. The largest absolute Gasteiger partial charge is 0.335 e. The normalized spacial score (nSPS) is 14.8. The topological polar surface area (TPSA) is 52.7 Å². The first-order valence-corrected chi connectivity index (χ1v) is 10.9. The molecular weight excluding hydrogens is 390 g/mol. The third kappa shape index (κ3) is 4.49. The maximum absolute atomic E-state index is 12.4. The van der Waals surface area contributed by atoms with Gasteiger partial charge < -0.3 is 10.2 Å². The number of carbonyl (C=O) groups excluding carboxylic acids is 2. The Hall–Kier alpha value is -2.48. The summed E-state index contributed by atoms with van der Waals surface area (Å²) in [6.07, 6.45) is 0. The van der Waals surface area contributed by atoms with Crippen LogP contribution in [-0.4, -0.2) is 47.8 Å². The number of rotatable bonds is 5. The molecule has 3 heterocycles. The van der Waals surface area contributed by atoms with Crippen LogP contribution in [0, 0.1) is 0 Å². The molecule has 0 bridgehead atoms. The molecule has 1 N–H and O–H groups in total. The van der Waals surface area contributed by atoms with Gasteiger partial charge in [0, 0.05) is 38.4 Å². The number of nitrogens with zero attached hydrogens (tertiary/aromatic N) is 2. The van der Waals surface area contributed by atoms with Crippen LogP contribution in [0.3, 0.4) is 0 Å². The van der Waals surface area contributed by atoms with E-state index < -0.39 is 0 Å². The molecule has 5 nitrogen and oxygen atoms in total. The minimum Gasteiger partial charge on any atom is -0.335 e. The molecule has 3 aromatic rings. The van der Waals surface area contributed by atoms with E-state index in [0.29, 0.717) is 4.88 Å². The van der Waals surface area contributed by atoms with Crippen LogP contribution in [-0.2, 0) is 6.54 Å². The predicted molar refractivity (Wildman–Crippen MR) is 114 cm³/mol. The lowest BCUT2D eigenvalue weighted by molar-refractivity contribution is 0.0633. The summed E-state index contributed by atoms with van der Waals surface area (Å²) in [5, 5.41) is 6.80. The molecule has 0 unspecified atom stereocenters. The van der Waals surface area contributed by atoms with Crippen LogP contribution < -0.4 is 5.32 Å². The third-order valence-electron chi connectivity index (χ3n) is 4.73. The summed E-state index contributed by atoms with van der Waals surface area (Å²) in [5.74, 6) is 0.0563. The molecule has 0 saturated carbocycles. The van der Waals surface area contributed by atoms with Crippen molar-refractivity contribution in [2.45, 2.75) is 6.54 Å². The van der Waals surface area contributed by atoms with Crippen molar-refractivity contribution in [3.05, 3.63) is 74.6 Å². The van der Waals surface area contributed by atoms with Crippen LogP contribution in [0.25, 0.3) is 0 Å². The fourth-order valence-electron chi connectivity index (χ4n) is 3.27. The van der Waals surface area contributed by atoms with Crippen molar-refractivity contribution in [3.63, 3.8) is 0 Å². The predicted octanol–water partition coefficient (Wildman–Crippen LogP) is 4.02. The number of hydrogen-bond acceptors (Lipinski definition) is 5. The molecule has 1 aliphatic heterocycles. The Kier molecular flexibility index (Phi) is 5.85. The molecule has 28 heavy (non-hydrogen) atoms. The van der Waals surface area contributed by atoms with Gasteiger partial charge in [-0.05, 0) is 40.6 Å². The molecule has 2 aromatic heterocycles. The summed E-state index contributed by atoms with van der Waals surface area (Å²) in [5.41, 5.74) is 1.96. The van der Waals surface area contributed by atoms with Crippen molar-refractivity contribution in [1.29, 1.82) is 0 Å². The third-order valence-corrected chi connectivity index (χ3v) is 6.45. The van der Waals surface area contributed by atoms with Gasteiger partial charge in [0.1, 0.15) is 0 Å². The summed E-state index contributed by atoms with van der Waals surface area (Å²) in [6.45, 7) is 3.99. The Bertz CT molecular complexity index is 930. The highest BCUT2D eigenvalue weighted by Gasteiger charge is 2.22. The van der Waals surface area contributed by atoms with Crippen molar-refractivity contribution in [1.82, 2.24) is 9.80 Å². The number of carbonyl (C=O) groups is 2. The Morgan fingerprint density at radius 2 is 1.61 bits per heavy atom. The SMILES string of the molecule is O=C(Nc1cccc(CN2CCN(C(=O)c3cccs3)CC2)c1)c1cccs1. The van der Waals surface area contributed by atoms with E-state index >= 15 is 0 Å². The fourth-order valence-corrected chi connectivity index (χ4v) is 4.58. The number of thiophene rings is 2. The van der Waals surface area contributed by atoms with Crippen LogP contribution in [0.2, 0.25) is 0 Å². The fraction of sp³-hybridized carbons (Fsp3) is 0.238. The molecule has 144 valence electrons. The minimum absolute atomic E-state index is 0.0761. The zero-order valence-corrected chi connectivity index (χ0v) is 17.0. The first-order chi connectivity index (χ1) is 13.7. The molecular formula is C21H21N3O2S2. The van der Waals surface area contributed by atoms with E-state index in [1.807, 2.05) is 58.1 Å². The van der Waals surface area contributed by atoms with Crippen molar-refractivity contribution in [2.24, 2.45) is 0 Å². The summed E-state index contributed by atoms with van der Waals surface area (Å²) >= 11 is 2.93. The molecule has 2 amide bonds. The van der Waals surface area contributed by atoms with Crippen LogP contribution >= 0.6 is 22.7 Å². The second-order valence-corrected chi connectivity index (χ2v) is 8.57. The van der Waals surface area contributed by atoms with Gasteiger partial charge in [-0.3, -0.25) is 14.5 Å². The minimum atomic E-state index is -0.0761. The molecule has 0 aliphatic carbocycles. The van der Waals surface area contributed by atoms with Crippen LogP contribution in [0.1, 0.15) is 24.9 Å². The van der Waals surface area contributed by atoms with Crippen molar-refractivity contribution in [2.75, 3.05) is 31.5 Å². The molecule has 4 rings (SSSR count). The molecule has 0 atom stereocenters. The Morgan fingerprint density at radius 1 is 0.893 bits per heavy atom. The van der Waals surface area contributed by atoms with E-state index in [9.17, 15) is 9.59 Å². The summed E-state index contributed by atoms with van der Waals surface area (Å²) in [4.78, 5) is 30.5. The summed E-state index contributed by atoms with van der Waals surface area (Å²) in [7, 11) is 0. The molecule has 1 saturated heterocycles. The van der Waals surface area contributed by atoms with Crippen LogP contribution in [0.4, 0.5) is 5.69 Å². The summed E-state index contributed by atoms with van der Waals surface area (Å²) < 4.78 is 0. The number of anilines is 1. The second-order valence-electron chi connectivity index (χ2n) is 6.68.